The highest BCUT2D eigenvalue weighted by atomic mass is 16.5. The van der Waals surface area contributed by atoms with Gasteiger partial charge < -0.3 is 19.7 Å². The fourth-order valence-corrected chi connectivity index (χ4v) is 1.85. The van der Waals surface area contributed by atoms with Crippen molar-refractivity contribution in [1.29, 1.82) is 0 Å². The number of ether oxygens (including phenoxy) is 2. The summed E-state index contributed by atoms with van der Waals surface area (Å²) in [6.45, 7) is 9.74. The van der Waals surface area contributed by atoms with Gasteiger partial charge in [0, 0.05) is 30.4 Å². The normalized spacial score (nSPS) is 10.2. The molecule has 0 aromatic heterocycles. The molecule has 0 saturated carbocycles. The Morgan fingerprint density at radius 2 is 1.25 bits per heavy atom. The van der Waals surface area contributed by atoms with Gasteiger partial charge in [0.15, 0.2) is 0 Å². The number of hydrogen-bond acceptors (Lipinski definition) is 6. The van der Waals surface area contributed by atoms with Gasteiger partial charge in [-0.2, -0.15) is 0 Å². The molecule has 0 heterocycles. The van der Waals surface area contributed by atoms with Crippen molar-refractivity contribution in [2.75, 3.05) is 13.2 Å². The van der Waals surface area contributed by atoms with Crippen LogP contribution in [-0.4, -0.2) is 35.4 Å². The van der Waals surface area contributed by atoms with Crippen molar-refractivity contribution in [3.05, 3.63) is 47.6 Å². The zero-order valence-electron chi connectivity index (χ0n) is 13.9. The largest absolute Gasteiger partial charge is 0.423 e. The van der Waals surface area contributed by atoms with Crippen molar-refractivity contribution in [3.63, 3.8) is 0 Å². The molecule has 0 saturated heterocycles. The fourth-order valence-electron chi connectivity index (χ4n) is 1.85. The van der Waals surface area contributed by atoms with Gasteiger partial charge in [-0.3, -0.25) is 0 Å². The molecular formula is C18H22O6. The van der Waals surface area contributed by atoms with Gasteiger partial charge in [-0.05, 0) is 43.9 Å². The van der Waals surface area contributed by atoms with E-state index in [9.17, 15) is 19.8 Å². The zero-order valence-corrected chi connectivity index (χ0v) is 13.9. The van der Waals surface area contributed by atoms with E-state index in [1.54, 1.807) is 6.07 Å². The number of esters is 2. The summed E-state index contributed by atoms with van der Waals surface area (Å²) in [5.74, 6) is -0.908. The lowest BCUT2D eigenvalue weighted by molar-refractivity contribution is -0.130. The third-order valence-electron chi connectivity index (χ3n) is 3.11. The number of aliphatic hydroxyl groups is 2. The van der Waals surface area contributed by atoms with E-state index in [4.69, 9.17) is 9.47 Å². The minimum atomic E-state index is -0.624. The molecule has 130 valence electrons. The van der Waals surface area contributed by atoms with Gasteiger partial charge in [0.2, 0.25) is 0 Å². The topological polar surface area (TPSA) is 93.1 Å². The van der Waals surface area contributed by atoms with E-state index in [1.165, 1.54) is 19.9 Å². The standard InChI is InChI=1S/C18H22O6/c1-11(2)17(21)23-15-10-16(24-18(22)12(3)4)14(6-8-20)9-13(15)5-7-19/h9-10,19-20H,1,3,5-8H2,2,4H3. The third-order valence-corrected chi connectivity index (χ3v) is 3.11. The minimum Gasteiger partial charge on any atom is -0.423 e. The first-order chi connectivity index (χ1) is 11.3. The van der Waals surface area contributed by atoms with Crippen LogP contribution in [0.3, 0.4) is 0 Å². The summed E-state index contributed by atoms with van der Waals surface area (Å²) in [6.07, 6.45) is 0.484. The Morgan fingerprint density at radius 1 is 0.875 bits per heavy atom. The Labute approximate surface area is 141 Å². The fraction of sp³-hybridized carbons (Fsp3) is 0.333. The monoisotopic (exact) mass is 334 g/mol. The molecule has 0 amide bonds. The Hall–Kier alpha value is -2.44. The van der Waals surface area contributed by atoms with Crippen LogP contribution in [0.1, 0.15) is 25.0 Å². The van der Waals surface area contributed by atoms with Crippen LogP contribution < -0.4 is 9.47 Å². The second kappa shape index (κ2) is 9.00. The highest BCUT2D eigenvalue weighted by Gasteiger charge is 2.17. The lowest BCUT2D eigenvalue weighted by atomic mass is 10.0. The van der Waals surface area contributed by atoms with Crippen LogP contribution in [0.15, 0.2) is 36.4 Å². The summed E-state index contributed by atoms with van der Waals surface area (Å²) in [7, 11) is 0. The molecule has 2 N–H and O–H groups in total. The molecule has 0 aliphatic heterocycles. The first-order valence-corrected chi connectivity index (χ1v) is 7.43. The molecule has 0 aliphatic rings. The van der Waals surface area contributed by atoms with E-state index in [1.807, 2.05) is 0 Å². The summed E-state index contributed by atoms with van der Waals surface area (Å²) in [5.41, 5.74) is 1.55. The molecule has 0 spiro atoms. The minimum absolute atomic E-state index is 0.152. The van der Waals surface area contributed by atoms with Crippen molar-refractivity contribution < 1.29 is 29.3 Å². The Bertz CT molecular complexity index is 606. The molecular weight excluding hydrogens is 312 g/mol. The van der Waals surface area contributed by atoms with Crippen LogP contribution in [-0.2, 0) is 22.4 Å². The lowest BCUT2D eigenvalue weighted by Crippen LogP contribution is -2.14. The third kappa shape index (κ3) is 5.33. The lowest BCUT2D eigenvalue weighted by Gasteiger charge is -2.15. The molecule has 6 heteroatoms. The number of rotatable bonds is 8. The number of carbonyl (C=O) groups is 2. The van der Waals surface area contributed by atoms with Crippen LogP contribution in [0.5, 0.6) is 11.5 Å². The summed E-state index contributed by atoms with van der Waals surface area (Å²) < 4.78 is 10.5. The summed E-state index contributed by atoms with van der Waals surface area (Å²) in [4.78, 5) is 23.5. The molecule has 1 aromatic rings. The predicted molar refractivity (Wildman–Crippen MR) is 88.9 cm³/mol. The maximum atomic E-state index is 11.8. The zero-order chi connectivity index (χ0) is 18.3. The second-order valence-electron chi connectivity index (χ2n) is 5.35. The average Bonchev–Trinajstić information content (AvgIpc) is 2.51. The van der Waals surface area contributed by atoms with Gasteiger partial charge in [0.1, 0.15) is 11.5 Å². The molecule has 6 nitrogen and oxygen atoms in total. The van der Waals surface area contributed by atoms with Crippen molar-refractivity contribution >= 4 is 11.9 Å². The van der Waals surface area contributed by atoms with Crippen molar-refractivity contribution in [2.24, 2.45) is 0 Å². The van der Waals surface area contributed by atoms with E-state index in [2.05, 4.69) is 13.2 Å². The molecule has 0 aliphatic carbocycles. The van der Waals surface area contributed by atoms with Gasteiger partial charge in [0.05, 0.1) is 0 Å². The SMILES string of the molecule is C=C(C)C(=O)Oc1cc(OC(=O)C(=C)C)c(CCO)cc1CCO. The molecule has 1 rings (SSSR count). The van der Waals surface area contributed by atoms with Gasteiger partial charge in [-0.25, -0.2) is 9.59 Å². The van der Waals surface area contributed by atoms with Gasteiger partial charge >= 0.3 is 11.9 Å². The Morgan fingerprint density at radius 3 is 1.54 bits per heavy atom. The number of aliphatic hydroxyl groups excluding tert-OH is 2. The summed E-state index contributed by atoms with van der Waals surface area (Å²) in [5, 5.41) is 18.4. The molecule has 0 fully saturated rings. The summed E-state index contributed by atoms with van der Waals surface area (Å²) in [6, 6.07) is 3.03. The van der Waals surface area contributed by atoms with Crippen LogP contribution >= 0.6 is 0 Å². The van der Waals surface area contributed by atoms with Crippen molar-refractivity contribution in [2.45, 2.75) is 26.7 Å². The maximum absolute atomic E-state index is 11.8. The van der Waals surface area contributed by atoms with Crippen LogP contribution in [0.4, 0.5) is 0 Å². The Balaban J connectivity index is 3.32. The smallest absolute Gasteiger partial charge is 0.338 e. The molecule has 0 bridgehead atoms. The number of carbonyl (C=O) groups excluding carboxylic acids is 2. The van der Waals surface area contributed by atoms with Crippen LogP contribution in [0.25, 0.3) is 0 Å². The van der Waals surface area contributed by atoms with Gasteiger partial charge in [0.25, 0.3) is 0 Å². The van der Waals surface area contributed by atoms with E-state index in [0.29, 0.717) is 11.1 Å². The first-order valence-electron chi connectivity index (χ1n) is 7.43. The van der Waals surface area contributed by atoms with Crippen LogP contribution in [0.2, 0.25) is 0 Å². The van der Waals surface area contributed by atoms with Crippen molar-refractivity contribution in [3.8, 4) is 11.5 Å². The summed E-state index contributed by atoms with van der Waals surface area (Å²) >= 11 is 0. The van der Waals surface area contributed by atoms with E-state index in [-0.39, 0.29) is 48.7 Å². The highest BCUT2D eigenvalue weighted by molar-refractivity contribution is 5.90. The van der Waals surface area contributed by atoms with E-state index in [0.717, 1.165) is 0 Å². The number of benzene rings is 1. The van der Waals surface area contributed by atoms with E-state index < -0.39 is 11.9 Å². The maximum Gasteiger partial charge on any atom is 0.338 e. The van der Waals surface area contributed by atoms with Crippen LogP contribution in [0, 0.1) is 0 Å². The highest BCUT2D eigenvalue weighted by Crippen LogP contribution is 2.31. The first kappa shape index (κ1) is 19.6. The quantitative estimate of drug-likeness (QED) is 0.427. The number of hydrogen-bond donors (Lipinski definition) is 2. The molecule has 24 heavy (non-hydrogen) atoms. The average molecular weight is 334 g/mol. The molecule has 1 aromatic carbocycles. The Kier molecular flexibility index (Phi) is 7.35. The molecule has 0 atom stereocenters. The predicted octanol–water partition coefficient (Wildman–Crippen LogP) is 1.72. The molecule has 0 radical (unpaired) electrons. The molecule has 0 unspecified atom stereocenters. The van der Waals surface area contributed by atoms with E-state index >= 15 is 0 Å². The van der Waals surface area contributed by atoms with Gasteiger partial charge in [-0.1, -0.05) is 13.2 Å². The van der Waals surface area contributed by atoms with Crippen molar-refractivity contribution in [1.82, 2.24) is 0 Å². The van der Waals surface area contributed by atoms with Gasteiger partial charge in [-0.15, -0.1) is 0 Å². The second-order valence-corrected chi connectivity index (χ2v) is 5.35.